The largest absolute Gasteiger partial charge is 0.339 e. The van der Waals surface area contributed by atoms with Gasteiger partial charge in [0.15, 0.2) is 5.82 Å². The fourth-order valence-corrected chi connectivity index (χ4v) is 2.06. The summed E-state index contributed by atoms with van der Waals surface area (Å²) < 4.78 is 5.35. The normalized spacial score (nSPS) is 12.1. The van der Waals surface area contributed by atoms with Crippen molar-refractivity contribution in [3.8, 4) is 0 Å². The molecule has 0 fully saturated rings. The van der Waals surface area contributed by atoms with Crippen molar-refractivity contribution in [2.45, 2.75) is 45.6 Å². The molecule has 0 aliphatic carbocycles. The van der Waals surface area contributed by atoms with Crippen LogP contribution in [0.4, 0.5) is 0 Å². The number of nitrogens with zero attached hydrogens (tertiary/aromatic N) is 2. The molecule has 0 aliphatic rings. The van der Waals surface area contributed by atoms with E-state index >= 15 is 0 Å². The third-order valence-electron chi connectivity index (χ3n) is 3.41. The molecule has 1 aromatic carbocycles. The maximum Gasteiger partial charge on any atom is 0.227 e. The molecule has 1 heterocycles. The predicted octanol–water partition coefficient (Wildman–Crippen LogP) is 2.94. The van der Waals surface area contributed by atoms with E-state index in [0.29, 0.717) is 11.9 Å². The SMILES string of the molecule is CC(C)NCCc1nc(C(C)(C)c2ccccc2)no1. The van der Waals surface area contributed by atoms with Gasteiger partial charge in [0.2, 0.25) is 5.89 Å². The van der Waals surface area contributed by atoms with Crippen molar-refractivity contribution in [3.05, 3.63) is 47.6 Å². The molecular weight excluding hydrogens is 250 g/mol. The molecule has 0 saturated heterocycles. The van der Waals surface area contributed by atoms with Crippen LogP contribution < -0.4 is 5.32 Å². The monoisotopic (exact) mass is 273 g/mol. The maximum absolute atomic E-state index is 5.35. The summed E-state index contributed by atoms with van der Waals surface area (Å²) in [6, 6.07) is 10.7. The first kappa shape index (κ1) is 14.7. The molecule has 0 spiro atoms. The van der Waals surface area contributed by atoms with Gasteiger partial charge in [-0.25, -0.2) is 0 Å². The molecule has 2 rings (SSSR count). The van der Waals surface area contributed by atoms with Crippen LogP contribution in [0.5, 0.6) is 0 Å². The second-order valence-electron chi connectivity index (χ2n) is 5.86. The zero-order valence-electron chi connectivity index (χ0n) is 12.7. The Morgan fingerprint density at radius 2 is 1.90 bits per heavy atom. The van der Waals surface area contributed by atoms with E-state index in [9.17, 15) is 0 Å². The second-order valence-corrected chi connectivity index (χ2v) is 5.86. The molecule has 108 valence electrons. The van der Waals surface area contributed by atoms with Crippen LogP contribution in [0.3, 0.4) is 0 Å². The average molecular weight is 273 g/mol. The standard InChI is InChI=1S/C16H23N3O/c1-12(2)17-11-10-14-18-15(19-20-14)16(3,4)13-8-6-5-7-9-13/h5-9,12,17H,10-11H2,1-4H3. The summed E-state index contributed by atoms with van der Waals surface area (Å²) in [4.78, 5) is 4.54. The quantitative estimate of drug-likeness (QED) is 0.879. The molecular formula is C16H23N3O. The van der Waals surface area contributed by atoms with Crippen molar-refractivity contribution in [1.82, 2.24) is 15.5 Å². The molecule has 0 saturated carbocycles. The second kappa shape index (κ2) is 6.18. The van der Waals surface area contributed by atoms with Crippen molar-refractivity contribution in [2.75, 3.05) is 6.54 Å². The van der Waals surface area contributed by atoms with Crippen LogP contribution in [0, 0.1) is 0 Å². The number of aromatic nitrogens is 2. The van der Waals surface area contributed by atoms with Crippen LogP contribution in [0.1, 0.15) is 45.0 Å². The lowest BCUT2D eigenvalue weighted by atomic mass is 9.84. The van der Waals surface area contributed by atoms with Crippen molar-refractivity contribution in [3.63, 3.8) is 0 Å². The lowest BCUT2D eigenvalue weighted by Gasteiger charge is -2.20. The summed E-state index contributed by atoms with van der Waals surface area (Å²) in [6.45, 7) is 9.33. The minimum Gasteiger partial charge on any atom is -0.339 e. The van der Waals surface area contributed by atoms with E-state index in [2.05, 4.69) is 55.3 Å². The molecule has 4 heteroatoms. The molecule has 0 aliphatic heterocycles. The van der Waals surface area contributed by atoms with Gasteiger partial charge in [0.25, 0.3) is 0 Å². The Bertz CT molecular complexity index is 532. The van der Waals surface area contributed by atoms with Gasteiger partial charge in [0.05, 0.1) is 5.41 Å². The molecule has 0 atom stereocenters. The van der Waals surface area contributed by atoms with Gasteiger partial charge >= 0.3 is 0 Å². The van der Waals surface area contributed by atoms with E-state index in [-0.39, 0.29) is 5.41 Å². The summed E-state index contributed by atoms with van der Waals surface area (Å²) in [7, 11) is 0. The number of nitrogens with one attached hydrogen (secondary N) is 1. The first-order chi connectivity index (χ1) is 9.50. The van der Waals surface area contributed by atoms with Gasteiger partial charge in [-0.3, -0.25) is 0 Å². The summed E-state index contributed by atoms with van der Waals surface area (Å²) in [5, 5.41) is 7.49. The summed E-state index contributed by atoms with van der Waals surface area (Å²) in [5.74, 6) is 1.43. The third kappa shape index (κ3) is 3.45. The van der Waals surface area contributed by atoms with E-state index in [1.807, 2.05) is 18.2 Å². The Morgan fingerprint density at radius 1 is 1.20 bits per heavy atom. The Kier molecular flexibility index (Phi) is 4.55. The van der Waals surface area contributed by atoms with Gasteiger partial charge in [-0.2, -0.15) is 4.98 Å². The average Bonchev–Trinajstić information content (AvgIpc) is 2.89. The van der Waals surface area contributed by atoms with Crippen LogP contribution >= 0.6 is 0 Å². The Labute approximate surface area is 120 Å². The molecule has 4 nitrogen and oxygen atoms in total. The van der Waals surface area contributed by atoms with E-state index in [4.69, 9.17) is 4.52 Å². The van der Waals surface area contributed by atoms with Crippen LogP contribution in [-0.2, 0) is 11.8 Å². The van der Waals surface area contributed by atoms with Crippen LogP contribution in [-0.4, -0.2) is 22.7 Å². The maximum atomic E-state index is 5.35. The van der Waals surface area contributed by atoms with E-state index in [1.54, 1.807) is 0 Å². The number of hydrogen-bond acceptors (Lipinski definition) is 4. The van der Waals surface area contributed by atoms with Crippen LogP contribution in [0.15, 0.2) is 34.9 Å². The molecule has 2 aromatic rings. The van der Waals surface area contributed by atoms with Gasteiger partial charge < -0.3 is 9.84 Å². The molecule has 0 bridgehead atoms. The lowest BCUT2D eigenvalue weighted by molar-refractivity contribution is 0.362. The number of rotatable bonds is 6. The van der Waals surface area contributed by atoms with Gasteiger partial charge in [0, 0.05) is 19.0 Å². The van der Waals surface area contributed by atoms with Crippen molar-refractivity contribution in [1.29, 1.82) is 0 Å². The summed E-state index contributed by atoms with van der Waals surface area (Å²) in [6.07, 6.45) is 0.760. The van der Waals surface area contributed by atoms with Crippen LogP contribution in [0.25, 0.3) is 0 Å². The van der Waals surface area contributed by atoms with Crippen LogP contribution in [0.2, 0.25) is 0 Å². The van der Waals surface area contributed by atoms with Crippen molar-refractivity contribution >= 4 is 0 Å². The highest BCUT2D eigenvalue weighted by molar-refractivity contribution is 5.30. The van der Waals surface area contributed by atoms with Gasteiger partial charge in [-0.1, -0.05) is 49.3 Å². The molecule has 20 heavy (non-hydrogen) atoms. The van der Waals surface area contributed by atoms with Crippen molar-refractivity contribution in [2.24, 2.45) is 0 Å². The molecule has 0 amide bonds. The smallest absolute Gasteiger partial charge is 0.227 e. The highest BCUT2D eigenvalue weighted by Gasteiger charge is 2.28. The zero-order valence-corrected chi connectivity index (χ0v) is 12.7. The summed E-state index contributed by atoms with van der Waals surface area (Å²) >= 11 is 0. The minimum absolute atomic E-state index is 0.242. The predicted molar refractivity (Wildman–Crippen MR) is 79.7 cm³/mol. The summed E-state index contributed by atoms with van der Waals surface area (Å²) in [5.41, 5.74) is 0.946. The first-order valence-electron chi connectivity index (χ1n) is 7.12. The van der Waals surface area contributed by atoms with Gasteiger partial charge in [-0.15, -0.1) is 0 Å². The van der Waals surface area contributed by atoms with Gasteiger partial charge in [0.1, 0.15) is 0 Å². The highest BCUT2D eigenvalue weighted by Crippen LogP contribution is 2.28. The Morgan fingerprint density at radius 3 is 2.55 bits per heavy atom. The molecule has 1 N–H and O–H groups in total. The molecule has 0 radical (unpaired) electrons. The third-order valence-corrected chi connectivity index (χ3v) is 3.41. The fraction of sp³-hybridized carbons (Fsp3) is 0.500. The van der Waals surface area contributed by atoms with E-state index < -0.39 is 0 Å². The number of hydrogen-bond donors (Lipinski definition) is 1. The Balaban J connectivity index is 2.08. The Hall–Kier alpha value is -1.68. The van der Waals surface area contributed by atoms with Crippen molar-refractivity contribution < 1.29 is 4.52 Å². The zero-order chi connectivity index (χ0) is 14.6. The fourth-order valence-electron chi connectivity index (χ4n) is 2.06. The lowest BCUT2D eigenvalue weighted by Crippen LogP contribution is -2.25. The van der Waals surface area contributed by atoms with E-state index in [1.165, 1.54) is 5.56 Å². The molecule has 0 unspecified atom stereocenters. The van der Waals surface area contributed by atoms with E-state index in [0.717, 1.165) is 18.8 Å². The number of benzene rings is 1. The first-order valence-corrected chi connectivity index (χ1v) is 7.12. The minimum atomic E-state index is -0.242. The van der Waals surface area contributed by atoms with Gasteiger partial charge in [-0.05, 0) is 19.4 Å². The highest BCUT2D eigenvalue weighted by atomic mass is 16.5. The molecule has 1 aromatic heterocycles. The topological polar surface area (TPSA) is 51.0 Å².